The van der Waals surface area contributed by atoms with Crippen LogP contribution >= 0.6 is 12.4 Å². The lowest BCUT2D eigenvalue weighted by molar-refractivity contribution is 0.0875. The molecule has 0 saturated carbocycles. The first-order chi connectivity index (χ1) is 6.68. The molecule has 6 heteroatoms. The summed E-state index contributed by atoms with van der Waals surface area (Å²) in [6, 6.07) is 1.03. The lowest BCUT2D eigenvalue weighted by atomic mass is 10.0. The number of hydrogen-bond acceptors (Lipinski definition) is 2. The predicted molar refractivity (Wildman–Crippen MR) is 50.0 cm³/mol. The molecule has 1 saturated heterocycles. The summed E-state index contributed by atoms with van der Waals surface area (Å²) in [5, 5.41) is 0. The summed E-state index contributed by atoms with van der Waals surface area (Å²) >= 11 is 0. The van der Waals surface area contributed by atoms with E-state index in [1.165, 1.54) is 0 Å². The van der Waals surface area contributed by atoms with Gasteiger partial charge in [-0.15, -0.1) is 12.4 Å². The summed E-state index contributed by atoms with van der Waals surface area (Å²) in [5.74, 6) is -2.98. The predicted octanol–water partition coefficient (Wildman–Crippen LogP) is 2.49. The SMILES string of the molecule is Cl.Fc1cc(F)c(F)c(C2CCON2)c1. The highest BCUT2D eigenvalue weighted by atomic mass is 35.5. The minimum Gasteiger partial charge on any atom is -0.301 e. The molecule has 2 rings (SSSR count). The molecule has 1 aromatic rings. The van der Waals surface area contributed by atoms with Crippen LogP contribution in [0.25, 0.3) is 0 Å². The van der Waals surface area contributed by atoms with Gasteiger partial charge in [0.05, 0.1) is 12.6 Å². The third kappa shape index (κ3) is 2.42. The van der Waals surface area contributed by atoms with Crippen molar-refractivity contribution < 1.29 is 18.0 Å². The van der Waals surface area contributed by atoms with Crippen LogP contribution in [0.4, 0.5) is 13.2 Å². The highest BCUT2D eigenvalue weighted by molar-refractivity contribution is 5.85. The Kier molecular flexibility index (Phi) is 3.96. The van der Waals surface area contributed by atoms with Gasteiger partial charge in [0.2, 0.25) is 0 Å². The van der Waals surface area contributed by atoms with E-state index in [1.807, 2.05) is 0 Å². The molecule has 1 aliphatic heterocycles. The molecule has 1 heterocycles. The number of nitrogens with one attached hydrogen (secondary N) is 1. The standard InChI is InChI=1S/C9H8F3NO.ClH/c10-5-3-6(8-1-2-14-13-8)9(12)7(11)4-5;/h3-4,8,13H,1-2H2;1H. The second-order valence-corrected chi connectivity index (χ2v) is 3.10. The molecular formula is C9H9ClF3NO. The summed E-state index contributed by atoms with van der Waals surface area (Å²) in [6.45, 7) is 0.405. The minimum absolute atomic E-state index is 0. The van der Waals surface area contributed by atoms with Gasteiger partial charge in [-0.3, -0.25) is 0 Å². The zero-order valence-electron chi connectivity index (χ0n) is 7.60. The quantitative estimate of drug-likeness (QED) is 0.761. The molecule has 1 aliphatic rings. The van der Waals surface area contributed by atoms with E-state index < -0.39 is 23.5 Å². The number of hydroxylamine groups is 1. The van der Waals surface area contributed by atoms with Gasteiger partial charge in [-0.1, -0.05) is 0 Å². The monoisotopic (exact) mass is 239 g/mol. The Morgan fingerprint density at radius 1 is 1.27 bits per heavy atom. The fourth-order valence-electron chi connectivity index (χ4n) is 1.44. The smallest absolute Gasteiger partial charge is 0.163 e. The van der Waals surface area contributed by atoms with E-state index in [2.05, 4.69) is 5.48 Å². The molecule has 2 nitrogen and oxygen atoms in total. The van der Waals surface area contributed by atoms with E-state index in [9.17, 15) is 13.2 Å². The highest BCUT2D eigenvalue weighted by Crippen LogP contribution is 2.25. The van der Waals surface area contributed by atoms with Gasteiger partial charge in [0.15, 0.2) is 11.6 Å². The van der Waals surface area contributed by atoms with Gasteiger partial charge in [0, 0.05) is 11.6 Å². The Morgan fingerprint density at radius 3 is 2.60 bits per heavy atom. The van der Waals surface area contributed by atoms with Crippen LogP contribution in [-0.4, -0.2) is 6.61 Å². The second-order valence-electron chi connectivity index (χ2n) is 3.10. The maximum Gasteiger partial charge on any atom is 0.163 e. The maximum atomic E-state index is 13.2. The molecule has 84 valence electrons. The topological polar surface area (TPSA) is 21.3 Å². The largest absolute Gasteiger partial charge is 0.301 e. The third-order valence-corrected chi connectivity index (χ3v) is 2.13. The van der Waals surface area contributed by atoms with Gasteiger partial charge in [-0.2, -0.15) is 5.48 Å². The molecule has 0 radical (unpaired) electrons. The van der Waals surface area contributed by atoms with Gasteiger partial charge in [0.25, 0.3) is 0 Å². The maximum absolute atomic E-state index is 13.2. The van der Waals surface area contributed by atoms with Crippen LogP contribution in [-0.2, 0) is 4.84 Å². The van der Waals surface area contributed by atoms with Crippen molar-refractivity contribution in [2.24, 2.45) is 0 Å². The molecule has 0 amide bonds. The van der Waals surface area contributed by atoms with E-state index >= 15 is 0 Å². The molecular weight excluding hydrogens is 231 g/mol. The Hall–Kier alpha value is -0.780. The molecule has 1 unspecified atom stereocenters. The van der Waals surface area contributed by atoms with Crippen molar-refractivity contribution in [3.05, 3.63) is 35.1 Å². The first-order valence-corrected chi connectivity index (χ1v) is 4.20. The number of rotatable bonds is 1. The normalized spacial score (nSPS) is 20.1. The van der Waals surface area contributed by atoms with Crippen molar-refractivity contribution in [1.82, 2.24) is 5.48 Å². The van der Waals surface area contributed by atoms with Crippen molar-refractivity contribution in [2.75, 3.05) is 6.61 Å². The molecule has 15 heavy (non-hydrogen) atoms. The van der Waals surface area contributed by atoms with Crippen LogP contribution in [0.2, 0.25) is 0 Å². The summed E-state index contributed by atoms with van der Waals surface area (Å²) in [4.78, 5) is 4.78. The zero-order chi connectivity index (χ0) is 10.1. The lowest BCUT2D eigenvalue weighted by Gasteiger charge is -2.10. The second kappa shape index (κ2) is 4.83. The summed E-state index contributed by atoms with van der Waals surface area (Å²) in [5.41, 5.74) is 2.47. The first-order valence-electron chi connectivity index (χ1n) is 4.20. The molecule has 1 atom stereocenters. The van der Waals surface area contributed by atoms with E-state index in [4.69, 9.17) is 4.84 Å². The zero-order valence-corrected chi connectivity index (χ0v) is 8.41. The van der Waals surface area contributed by atoms with Crippen molar-refractivity contribution in [3.63, 3.8) is 0 Å². The highest BCUT2D eigenvalue weighted by Gasteiger charge is 2.23. The van der Waals surface area contributed by atoms with E-state index in [0.717, 1.165) is 6.07 Å². The number of benzene rings is 1. The molecule has 0 bridgehead atoms. The van der Waals surface area contributed by atoms with Crippen molar-refractivity contribution in [1.29, 1.82) is 0 Å². The lowest BCUT2D eigenvalue weighted by Crippen LogP contribution is -2.14. The van der Waals surface area contributed by atoms with Gasteiger partial charge >= 0.3 is 0 Å². The van der Waals surface area contributed by atoms with Gasteiger partial charge in [0.1, 0.15) is 5.82 Å². The Balaban J connectivity index is 0.00000112. The van der Waals surface area contributed by atoms with Crippen LogP contribution in [0.1, 0.15) is 18.0 Å². The van der Waals surface area contributed by atoms with Gasteiger partial charge in [-0.25, -0.2) is 13.2 Å². The van der Waals surface area contributed by atoms with Crippen LogP contribution in [0, 0.1) is 17.5 Å². The van der Waals surface area contributed by atoms with Crippen LogP contribution < -0.4 is 5.48 Å². The number of halogens is 4. The van der Waals surface area contributed by atoms with E-state index in [0.29, 0.717) is 19.1 Å². The molecule has 1 aromatic carbocycles. The summed E-state index contributed by atoms with van der Waals surface area (Å²) < 4.78 is 38.8. The molecule has 0 spiro atoms. The van der Waals surface area contributed by atoms with Crippen molar-refractivity contribution in [3.8, 4) is 0 Å². The van der Waals surface area contributed by atoms with Crippen molar-refractivity contribution >= 4 is 12.4 Å². The fraction of sp³-hybridized carbons (Fsp3) is 0.333. The third-order valence-electron chi connectivity index (χ3n) is 2.13. The van der Waals surface area contributed by atoms with Crippen LogP contribution in [0.3, 0.4) is 0 Å². The van der Waals surface area contributed by atoms with Crippen LogP contribution in [0.5, 0.6) is 0 Å². The average Bonchev–Trinajstić information content (AvgIpc) is 2.63. The molecule has 0 aromatic heterocycles. The Bertz CT molecular complexity index is 355. The average molecular weight is 240 g/mol. The Labute approximate surface area is 90.8 Å². The Morgan fingerprint density at radius 2 is 2.00 bits per heavy atom. The molecule has 1 N–H and O–H groups in total. The minimum atomic E-state index is -1.17. The van der Waals surface area contributed by atoms with E-state index in [1.54, 1.807) is 0 Å². The summed E-state index contributed by atoms with van der Waals surface area (Å²) in [6.07, 6.45) is 0.500. The van der Waals surface area contributed by atoms with Crippen molar-refractivity contribution in [2.45, 2.75) is 12.5 Å². The fourth-order valence-corrected chi connectivity index (χ4v) is 1.44. The molecule has 1 fully saturated rings. The molecule has 0 aliphatic carbocycles. The van der Waals surface area contributed by atoms with Crippen LogP contribution in [0.15, 0.2) is 12.1 Å². The first kappa shape index (κ1) is 12.3. The number of hydrogen-bond donors (Lipinski definition) is 1. The van der Waals surface area contributed by atoms with Gasteiger partial charge < -0.3 is 4.84 Å². The van der Waals surface area contributed by atoms with E-state index in [-0.39, 0.29) is 18.0 Å². The van der Waals surface area contributed by atoms with Gasteiger partial charge in [-0.05, 0) is 12.5 Å². The summed E-state index contributed by atoms with van der Waals surface area (Å²) in [7, 11) is 0.